The maximum atomic E-state index is 14.1. The Kier molecular flexibility index (Phi) is 5.38. The van der Waals surface area contributed by atoms with Gasteiger partial charge in [0, 0.05) is 11.6 Å². The zero-order chi connectivity index (χ0) is 13.7. The molecule has 0 radical (unpaired) electrons. The molecule has 1 aromatic carbocycles. The Morgan fingerprint density at radius 2 is 2.05 bits per heavy atom. The zero-order valence-corrected chi connectivity index (χ0v) is 12.2. The SMILES string of the molecule is CCNC(c1ccccc1F)C1CCCC(CC)C1. The van der Waals surface area contributed by atoms with Gasteiger partial charge in [0.1, 0.15) is 5.82 Å². The molecule has 1 nitrogen and oxygen atoms in total. The van der Waals surface area contributed by atoms with E-state index in [9.17, 15) is 4.39 Å². The first-order chi connectivity index (χ1) is 9.26. The van der Waals surface area contributed by atoms with Crippen LogP contribution in [0, 0.1) is 17.7 Å². The Balaban J connectivity index is 2.17. The highest BCUT2D eigenvalue weighted by Gasteiger charge is 2.29. The lowest BCUT2D eigenvalue weighted by molar-refractivity contribution is 0.208. The largest absolute Gasteiger partial charge is 0.310 e. The van der Waals surface area contributed by atoms with Crippen molar-refractivity contribution in [2.75, 3.05) is 6.54 Å². The molecule has 1 aliphatic rings. The molecule has 1 fully saturated rings. The number of halogens is 1. The van der Waals surface area contributed by atoms with Crippen molar-refractivity contribution >= 4 is 0 Å². The van der Waals surface area contributed by atoms with Gasteiger partial charge in [-0.15, -0.1) is 0 Å². The number of benzene rings is 1. The summed E-state index contributed by atoms with van der Waals surface area (Å²) in [6.07, 6.45) is 6.36. The molecule has 1 N–H and O–H groups in total. The molecule has 0 aliphatic heterocycles. The Hall–Kier alpha value is -0.890. The first-order valence-electron chi connectivity index (χ1n) is 7.74. The van der Waals surface area contributed by atoms with Crippen LogP contribution in [0.1, 0.15) is 57.6 Å². The maximum Gasteiger partial charge on any atom is 0.127 e. The Bertz CT molecular complexity index is 391. The van der Waals surface area contributed by atoms with Gasteiger partial charge < -0.3 is 5.32 Å². The second-order valence-corrected chi connectivity index (χ2v) is 5.76. The van der Waals surface area contributed by atoms with Crippen LogP contribution in [0.3, 0.4) is 0 Å². The van der Waals surface area contributed by atoms with Crippen molar-refractivity contribution in [3.8, 4) is 0 Å². The summed E-state index contributed by atoms with van der Waals surface area (Å²) in [5, 5.41) is 3.51. The summed E-state index contributed by atoms with van der Waals surface area (Å²) in [6, 6.07) is 7.43. The van der Waals surface area contributed by atoms with Gasteiger partial charge in [0.25, 0.3) is 0 Å². The number of hydrogen-bond donors (Lipinski definition) is 1. The maximum absolute atomic E-state index is 14.1. The average molecular weight is 263 g/mol. The number of nitrogens with one attached hydrogen (secondary N) is 1. The standard InChI is InChI=1S/C17H26FN/c1-3-13-8-7-9-14(12-13)17(19-4-2)15-10-5-6-11-16(15)18/h5-6,10-11,13-14,17,19H,3-4,7-9,12H2,1-2H3. The molecule has 0 saturated heterocycles. The van der Waals surface area contributed by atoms with Gasteiger partial charge in [0.15, 0.2) is 0 Å². The summed E-state index contributed by atoms with van der Waals surface area (Å²) in [7, 11) is 0. The fourth-order valence-corrected chi connectivity index (χ4v) is 3.48. The van der Waals surface area contributed by atoms with Crippen LogP contribution in [0.4, 0.5) is 4.39 Å². The molecule has 0 spiro atoms. The quantitative estimate of drug-likeness (QED) is 0.812. The van der Waals surface area contributed by atoms with Crippen molar-refractivity contribution in [2.45, 2.75) is 52.0 Å². The second-order valence-electron chi connectivity index (χ2n) is 5.76. The summed E-state index contributed by atoms with van der Waals surface area (Å²) >= 11 is 0. The second kappa shape index (κ2) is 7.04. The molecule has 0 amide bonds. The van der Waals surface area contributed by atoms with E-state index in [1.54, 1.807) is 12.1 Å². The molecule has 3 atom stereocenters. The van der Waals surface area contributed by atoms with Crippen LogP contribution in [0.2, 0.25) is 0 Å². The van der Waals surface area contributed by atoms with E-state index in [-0.39, 0.29) is 11.9 Å². The third kappa shape index (κ3) is 3.56. The number of rotatable bonds is 5. The fraction of sp³-hybridized carbons (Fsp3) is 0.647. The van der Waals surface area contributed by atoms with Gasteiger partial charge in [-0.2, -0.15) is 0 Å². The van der Waals surface area contributed by atoms with Gasteiger partial charge in [-0.25, -0.2) is 4.39 Å². The van der Waals surface area contributed by atoms with Crippen molar-refractivity contribution in [3.05, 3.63) is 35.6 Å². The van der Waals surface area contributed by atoms with Crippen molar-refractivity contribution in [3.63, 3.8) is 0 Å². The topological polar surface area (TPSA) is 12.0 Å². The highest BCUT2D eigenvalue weighted by Crippen LogP contribution is 2.38. The van der Waals surface area contributed by atoms with E-state index < -0.39 is 0 Å². The Labute approximate surface area is 116 Å². The smallest absolute Gasteiger partial charge is 0.127 e. The van der Waals surface area contributed by atoms with Crippen LogP contribution >= 0.6 is 0 Å². The summed E-state index contributed by atoms with van der Waals surface area (Å²) < 4.78 is 14.1. The van der Waals surface area contributed by atoms with Gasteiger partial charge in [-0.05, 0) is 37.3 Å². The van der Waals surface area contributed by atoms with Crippen molar-refractivity contribution in [1.82, 2.24) is 5.32 Å². The molecule has 0 bridgehead atoms. The van der Waals surface area contributed by atoms with Crippen LogP contribution in [-0.2, 0) is 0 Å². The van der Waals surface area contributed by atoms with Gasteiger partial charge in [0.05, 0.1) is 0 Å². The van der Waals surface area contributed by atoms with Crippen LogP contribution in [0.25, 0.3) is 0 Å². The lowest BCUT2D eigenvalue weighted by Crippen LogP contribution is -2.32. The molecule has 1 saturated carbocycles. The molecule has 1 aliphatic carbocycles. The van der Waals surface area contributed by atoms with E-state index in [2.05, 4.69) is 19.2 Å². The predicted molar refractivity (Wildman–Crippen MR) is 78.6 cm³/mol. The molecule has 106 valence electrons. The third-order valence-electron chi connectivity index (χ3n) is 4.54. The first-order valence-corrected chi connectivity index (χ1v) is 7.74. The van der Waals surface area contributed by atoms with Crippen LogP contribution in [0.5, 0.6) is 0 Å². The molecule has 3 unspecified atom stereocenters. The van der Waals surface area contributed by atoms with E-state index in [1.165, 1.54) is 32.1 Å². The lowest BCUT2D eigenvalue weighted by atomic mass is 9.75. The zero-order valence-electron chi connectivity index (χ0n) is 12.2. The van der Waals surface area contributed by atoms with Gasteiger partial charge >= 0.3 is 0 Å². The van der Waals surface area contributed by atoms with E-state index in [0.29, 0.717) is 5.92 Å². The lowest BCUT2D eigenvalue weighted by Gasteiger charge is -2.35. The van der Waals surface area contributed by atoms with Crippen LogP contribution in [-0.4, -0.2) is 6.54 Å². The third-order valence-corrected chi connectivity index (χ3v) is 4.54. The summed E-state index contributed by atoms with van der Waals surface area (Å²) in [5.41, 5.74) is 0.853. The highest BCUT2D eigenvalue weighted by molar-refractivity contribution is 5.22. The van der Waals surface area contributed by atoms with Crippen molar-refractivity contribution in [1.29, 1.82) is 0 Å². The Morgan fingerprint density at radius 3 is 2.74 bits per heavy atom. The molecular formula is C17H26FN. The molecule has 0 heterocycles. The van der Waals surface area contributed by atoms with E-state index in [1.807, 2.05) is 12.1 Å². The minimum Gasteiger partial charge on any atom is -0.310 e. The molecule has 0 aromatic heterocycles. The van der Waals surface area contributed by atoms with Gasteiger partial charge in [0.2, 0.25) is 0 Å². The first kappa shape index (κ1) is 14.5. The van der Waals surface area contributed by atoms with Gasteiger partial charge in [-0.3, -0.25) is 0 Å². The molecular weight excluding hydrogens is 237 g/mol. The summed E-state index contributed by atoms with van der Waals surface area (Å²) in [5.74, 6) is 1.34. The Morgan fingerprint density at radius 1 is 1.26 bits per heavy atom. The minimum absolute atomic E-state index is 0.0629. The van der Waals surface area contributed by atoms with E-state index in [4.69, 9.17) is 0 Å². The van der Waals surface area contributed by atoms with E-state index >= 15 is 0 Å². The average Bonchev–Trinajstić information content (AvgIpc) is 2.46. The summed E-state index contributed by atoms with van der Waals surface area (Å²) in [4.78, 5) is 0. The fourth-order valence-electron chi connectivity index (χ4n) is 3.48. The normalized spacial score (nSPS) is 25.2. The summed E-state index contributed by atoms with van der Waals surface area (Å²) in [6.45, 7) is 5.28. The minimum atomic E-state index is -0.0629. The molecule has 1 aromatic rings. The van der Waals surface area contributed by atoms with E-state index in [0.717, 1.165) is 18.0 Å². The molecule has 19 heavy (non-hydrogen) atoms. The molecule has 2 heteroatoms. The van der Waals surface area contributed by atoms with Crippen molar-refractivity contribution in [2.24, 2.45) is 11.8 Å². The van der Waals surface area contributed by atoms with Crippen molar-refractivity contribution < 1.29 is 4.39 Å². The monoisotopic (exact) mass is 263 g/mol. The van der Waals surface area contributed by atoms with Crippen LogP contribution < -0.4 is 5.32 Å². The van der Waals surface area contributed by atoms with Crippen LogP contribution in [0.15, 0.2) is 24.3 Å². The highest BCUT2D eigenvalue weighted by atomic mass is 19.1. The van der Waals surface area contributed by atoms with Gasteiger partial charge in [-0.1, -0.05) is 51.3 Å². The number of hydrogen-bond acceptors (Lipinski definition) is 1. The molecule has 2 rings (SSSR count). The predicted octanol–water partition coefficient (Wildman–Crippen LogP) is 4.69.